The number of anilines is 1. The molecule has 0 amide bonds. The van der Waals surface area contributed by atoms with Crippen molar-refractivity contribution in [3.05, 3.63) is 57.5 Å². The molecule has 1 aromatic carbocycles. The quantitative estimate of drug-likeness (QED) is 0.767. The van der Waals surface area contributed by atoms with Crippen LogP contribution in [0.1, 0.15) is 16.8 Å². The Morgan fingerprint density at radius 3 is 2.95 bits per heavy atom. The predicted molar refractivity (Wildman–Crippen MR) is 74.0 cm³/mol. The number of nitrogens with zero attached hydrogens (tertiary/aromatic N) is 1. The van der Waals surface area contributed by atoms with E-state index in [1.165, 1.54) is 0 Å². The first-order chi connectivity index (χ1) is 9.33. The molecule has 5 nitrogen and oxygen atoms in total. The fourth-order valence-corrected chi connectivity index (χ4v) is 2.23. The Morgan fingerprint density at radius 2 is 2.11 bits per heavy atom. The predicted octanol–water partition coefficient (Wildman–Crippen LogP) is 1.03. The standard InChI is InChI=1S/C14H16N4O/c19-13-11-6-7-15-9-12(11)17-14(18-13)16-8-10-4-2-1-3-5-10/h1-5,15H,6-9H2,(H2,16,17,18,19). The molecule has 0 unspecified atom stereocenters. The first-order valence-electron chi connectivity index (χ1n) is 6.43. The van der Waals surface area contributed by atoms with Crippen molar-refractivity contribution < 1.29 is 0 Å². The van der Waals surface area contributed by atoms with Gasteiger partial charge in [-0.15, -0.1) is 0 Å². The third kappa shape index (κ3) is 2.66. The highest BCUT2D eigenvalue weighted by Crippen LogP contribution is 2.09. The van der Waals surface area contributed by atoms with Gasteiger partial charge in [0.25, 0.3) is 5.56 Å². The van der Waals surface area contributed by atoms with Crippen LogP contribution in [0.3, 0.4) is 0 Å². The maximum absolute atomic E-state index is 11.9. The molecule has 0 radical (unpaired) electrons. The molecule has 1 aliphatic rings. The van der Waals surface area contributed by atoms with Gasteiger partial charge in [0.2, 0.25) is 5.95 Å². The van der Waals surface area contributed by atoms with Crippen molar-refractivity contribution in [3.63, 3.8) is 0 Å². The lowest BCUT2D eigenvalue weighted by molar-refractivity contribution is 0.619. The second-order valence-electron chi connectivity index (χ2n) is 4.61. The second kappa shape index (κ2) is 5.24. The van der Waals surface area contributed by atoms with Crippen LogP contribution in [0, 0.1) is 0 Å². The molecule has 0 atom stereocenters. The Labute approximate surface area is 111 Å². The maximum atomic E-state index is 11.9. The number of hydrogen-bond donors (Lipinski definition) is 3. The zero-order valence-corrected chi connectivity index (χ0v) is 10.6. The molecule has 2 heterocycles. The van der Waals surface area contributed by atoms with Gasteiger partial charge in [0.15, 0.2) is 0 Å². The summed E-state index contributed by atoms with van der Waals surface area (Å²) in [6.45, 7) is 2.16. The summed E-state index contributed by atoms with van der Waals surface area (Å²) in [6, 6.07) is 10.0. The number of H-pyrrole nitrogens is 1. The highest BCUT2D eigenvalue weighted by Gasteiger charge is 2.14. The van der Waals surface area contributed by atoms with Crippen molar-refractivity contribution in [1.82, 2.24) is 15.3 Å². The second-order valence-corrected chi connectivity index (χ2v) is 4.61. The van der Waals surface area contributed by atoms with E-state index in [1.54, 1.807) is 0 Å². The fraction of sp³-hybridized carbons (Fsp3) is 0.286. The zero-order valence-electron chi connectivity index (χ0n) is 10.6. The van der Waals surface area contributed by atoms with Crippen LogP contribution in [-0.4, -0.2) is 16.5 Å². The van der Waals surface area contributed by atoms with E-state index in [1.807, 2.05) is 30.3 Å². The third-order valence-electron chi connectivity index (χ3n) is 3.25. The Bertz CT molecular complexity index is 621. The average molecular weight is 256 g/mol. The molecule has 0 aliphatic carbocycles. The van der Waals surface area contributed by atoms with Gasteiger partial charge in [0.05, 0.1) is 5.69 Å². The summed E-state index contributed by atoms with van der Waals surface area (Å²) < 4.78 is 0. The Hall–Kier alpha value is -2.14. The van der Waals surface area contributed by atoms with Crippen LogP contribution >= 0.6 is 0 Å². The van der Waals surface area contributed by atoms with Crippen molar-refractivity contribution in [2.24, 2.45) is 0 Å². The van der Waals surface area contributed by atoms with Gasteiger partial charge in [-0.05, 0) is 18.5 Å². The van der Waals surface area contributed by atoms with Crippen molar-refractivity contribution >= 4 is 5.95 Å². The minimum atomic E-state index is -0.0259. The normalized spacial score (nSPS) is 13.9. The molecule has 2 aromatic rings. The van der Waals surface area contributed by atoms with Gasteiger partial charge >= 0.3 is 0 Å². The number of nitrogens with one attached hydrogen (secondary N) is 3. The summed E-state index contributed by atoms with van der Waals surface area (Å²) in [7, 11) is 0. The van der Waals surface area contributed by atoms with Gasteiger partial charge in [-0.3, -0.25) is 9.78 Å². The number of rotatable bonds is 3. The Kier molecular flexibility index (Phi) is 3.29. The molecular weight excluding hydrogens is 240 g/mol. The molecule has 0 fully saturated rings. The average Bonchev–Trinajstić information content (AvgIpc) is 2.46. The summed E-state index contributed by atoms with van der Waals surface area (Å²) in [4.78, 5) is 19.2. The van der Waals surface area contributed by atoms with E-state index in [4.69, 9.17) is 0 Å². The minimum absolute atomic E-state index is 0.0259. The molecule has 0 saturated heterocycles. The molecule has 3 N–H and O–H groups in total. The van der Waals surface area contributed by atoms with Gasteiger partial charge in [0, 0.05) is 18.7 Å². The molecule has 0 bridgehead atoms. The monoisotopic (exact) mass is 256 g/mol. The molecule has 5 heteroatoms. The van der Waals surface area contributed by atoms with Crippen LogP contribution in [0.25, 0.3) is 0 Å². The van der Waals surface area contributed by atoms with E-state index in [9.17, 15) is 4.79 Å². The number of aromatic nitrogens is 2. The molecule has 0 spiro atoms. The van der Waals surface area contributed by atoms with E-state index in [-0.39, 0.29) is 5.56 Å². The highest BCUT2D eigenvalue weighted by atomic mass is 16.1. The molecule has 1 aromatic heterocycles. The lowest BCUT2D eigenvalue weighted by Gasteiger charge is -2.16. The smallest absolute Gasteiger partial charge is 0.255 e. The van der Waals surface area contributed by atoms with Crippen LogP contribution in [0.2, 0.25) is 0 Å². The van der Waals surface area contributed by atoms with E-state index >= 15 is 0 Å². The van der Waals surface area contributed by atoms with Crippen molar-refractivity contribution in [1.29, 1.82) is 0 Å². The third-order valence-corrected chi connectivity index (χ3v) is 3.25. The summed E-state index contributed by atoms with van der Waals surface area (Å²) >= 11 is 0. The lowest BCUT2D eigenvalue weighted by atomic mass is 10.1. The fourth-order valence-electron chi connectivity index (χ4n) is 2.23. The van der Waals surface area contributed by atoms with E-state index in [2.05, 4.69) is 20.6 Å². The van der Waals surface area contributed by atoms with Crippen LogP contribution in [0.5, 0.6) is 0 Å². The Morgan fingerprint density at radius 1 is 1.26 bits per heavy atom. The Balaban J connectivity index is 1.78. The topological polar surface area (TPSA) is 69.8 Å². The van der Waals surface area contributed by atoms with E-state index in [0.29, 0.717) is 19.0 Å². The van der Waals surface area contributed by atoms with Crippen LogP contribution in [0.4, 0.5) is 5.95 Å². The summed E-state index contributed by atoms with van der Waals surface area (Å²) in [5.74, 6) is 0.538. The lowest BCUT2D eigenvalue weighted by Crippen LogP contribution is -2.31. The molecular formula is C14H16N4O. The summed E-state index contributed by atoms with van der Waals surface area (Å²) in [6.07, 6.45) is 0.747. The first kappa shape index (κ1) is 11.9. The molecule has 98 valence electrons. The van der Waals surface area contributed by atoms with Crippen LogP contribution < -0.4 is 16.2 Å². The highest BCUT2D eigenvalue weighted by molar-refractivity contribution is 5.32. The number of hydrogen-bond acceptors (Lipinski definition) is 4. The number of benzene rings is 1. The van der Waals surface area contributed by atoms with Crippen molar-refractivity contribution in [2.45, 2.75) is 19.5 Å². The number of fused-ring (bicyclic) bond motifs is 1. The van der Waals surface area contributed by atoms with Gasteiger partial charge in [0.1, 0.15) is 0 Å². The van der Waals surface area contributed by atoms with Crippen LogP contribution in [-0.2, 0) is 19.5 Å². The largest absolute Gasteiger partial charge is 0.352 e. The molecule has 3 rings (SSSR count). The maximum Gasteiger partial charge on any atom is 0.255 e. The molecule has 0 saturated carbocycles. The van der Waals surface area contributed by atoms with Gasteiger partial charge < -0.3 is 10.6 Å². The van der Waals surface area contributed by atoms with Gasteiger partial charge in [-0.1, -0.05) is 30.3 Å². The summed E-state index contributed by atoms with van der Waals surface area (Å²) in [5.41, 5.74) is 2.79. The molecule has 19 heavy (non-hydrogen) atoms. The van der Waals surface area contributed by atoms with E-state index in [0.717, 1.165) is 29.8 Å². The van der Waals surface area contributed by atoms with Crippen molar-refractivity contribution in [3.8, 4) is 0 Å². The van der Waals surface area contributed by atoms with Crippen molar-refractivity contribution in [2.75, 3.05) is 11.9 Å². The minimum Gasteiger partial charge on any atom is -0.352 e. The molecule has 1 aliphatic heterocycles. The summed E-state index contributed by atoms with van der Waals surface area (Å²) in [5, 5.41) is 6.38. The van der Waals surface area contributed by atoms with Crippen LogP contribution in [0.15, 0.2) is 35.1 Å². The van der Waals surface area contributed by atoms with Gasteiger partial charge in [-0.2, -0.15) is 0 Å². The zero-order chi connectivity index (χ0) is 13.1. The number of aromatic amines is 1. The van der Waals surface area contributed by atoms with Gasteiger partial charge in [-0.25, -0.2) is 4.98 Å². The van der Waals surface area contributed by atoms with E-state index < -0.39 is 0 Å². The SMILES string of the molecule is O=c1[nH]c(NCc2ccccc2)nc2c1CCNC2. The first-order valence-corrected chi connectivity index (χ1v) is 6.43.